The second-order valence-corrected chi connectivity index (χ2v) is 3.68. The summed E-state index contributed by atoms with van der Waals surface area (Å²) < 4.78 is 0. The topological polar surface area (TPSA) is 46.2 Å². The highest BCUT2D eigenvalue weighted by Gasteiger charge is 2.19. The minimum absolute atomic E-state index is 0. The maximum absolute atomic E-state index is 9.83. The van der Waals surface area contributed by atoms with E-state index in [1.54, 1.807) is 0 Å². The Bertz CT molecular complexity index is 251. The molecule has 3 N–H and O–H groups in total. The van der Waals surface area contributed by atoms with E-state index in [9.17, 15) is 5.11 Å². The zero-order valence-electron chi connectivity index (χ0n) is 8.55. The average Bonchev–Trinajstić information content (AvgIpc) is 2.17. The van der Waals surface area contributed by atoms with Gasteiger partial charge in [-0.2, -0.15) is 0 Å². The van der Waals surface area contributed by atoms with E-state index >= 15 is 0 Å². The number of halogens is 1. The van der Waals surface area contributed by atoms with E-state index in [0.29, 0.717) is 0 Å². The van der Waals surface area contributed by atoms with Gasteiger partial charge in [-0.15, -0.1) is 12.4 Å². The fourth-order valence-electron chi connectivity index (χ4n) is 1.24. The summed E-state index contributed by atoms with van der Waals surface area (Å²) in [5, 5.41) is 9.83. The van der Waals surface area contributed by atoms with Gasteiger partial charge in [0.15, 0.2) is 0 Å². The molecule has 0 heterocycles. The van der Waals surface area contributed by atoms with Crippen molar-refractivity contribution in [2.24, 2.45) is 11.7 Å². The maximum atomic E-state index is 9.83. The Morgan fingerprint density at radius 1 is 1.14 bits per heavy atom. The van der Waals surface area contributed by atoms with Gasteiger partial charge in [-0.25, -0.2) is 0 Å². The normalized spacial score (nSPS) is 14.6. The van der Waals surface area contributed by atoms with Crippen LogP contribution in [0.5, 0.6) is 0 Å². The molecular formula is C11H18ClNO. The summed E-state index contributed by atoms with van der Waals surface area (Å²) in [6.45, 7) is 4.02. The number of hydrogen-bond acceptors (Lipinski definition) is 2. The van der Waals surface area contributed by atoms with Crippen LogP contribution < -0.4 is 5.73 Å². The van der Waals surface area contributed by atoms with Crippen LogP contribution in [0.1, 0.15) is 25.5 Å². The van der Waals surface area contributed by atoms with Gasteiger partial charge in [0.25, 0.3) is 0 Å². The SMILES string of the molecule is CC(C)C(N)C(O)c1ccccc1.Cl. The molecule has 1 aromatic carbocycles. The van der Waals surface area contributed by atoms with Crippen LogP contribution in [0.3, 0.4) is 0 Å². The van der Waals surface area contributed by atoms with Gasteiger partial charge >= 0.3 is 0 Å². The van der Waals surface area contributed by atoms with Crippen LogP contribution in [-0.4, -0.2) is 11.1 Å². The first kappa shape index (κ1) is 13.4. The highest BCUT2D eigenvalue weighted by atomic mass is 35.5. The van der Waals surface area contributed by atoms with Crippen molar-refractivity contribution in [1.82, 2.24) is 0 Å². The van der Waals surface area contributed by atoms with Gasteiger partial charge in [-0.3, -0.25) is 0 Å². The predicted molar refractivity (Wildman–Crippen MR) is 61.5 cm³/mol. The van der Waals surface area contributed by atoms with Crippen molar-refractivity contribution in [3.63, 3.8) is 0 Å². The molecule has 2 unspecified atom stereocenters. The zero-order valence-corrected chi connectivity index (χ0v) is 9.37. The second-order valence-electron chi connectivity index (χ2n) is 3.68. The summed E-state index contributed by atoms with van der Waals surface area (Å²) in [6, 6.07) is 9.34. The van der Waals surface area contributed by atoms with E-state index in [2.05, 4.69) is 0 Å². The second kappa shape index (κ2) is 6.02. The van der Waals surface area contributed by atoms with Gasteiger partial charge in [0.1, 0.15) is 0 Å². The minimum atomic E-state index is -0.554. The van der Waals surface area contributed by atoms with E-state index in [1.807, 2.05) is 44.2 Å². The Morgan fingerprint density at radius 3 is 2.07 bits per heavy atom. The standard InChI is InChI=1S/C11H17NO.ClH/c1-8(2)10(12)11(13)9-6-4-3-5-7-9;/h3-8,10-11,13H,12H2,1-2H3;1H. The average molecular weight is 216 g/mol. The predicted octanol–water partition coefficient (Wildman–Crippen LogP) is 2.13. The monoisotopic (exact) mass is 215 g/mol. The first-order chi connectivity index (χ1) is 6.13. The Morgan fingerprint density at radius 2 is 1.64 bits per heavy atom. The summed E-state index contributed by atoms with van der Waals surface area (Å²) in [6.07, 6.45) is -0.554. The van der Waals surface area contributed by atoms with Crippen LogP contribution in [0.2, 0.25) is 0 Å². The summed E-state index contributed by atoms with van der Waals surface area (Å²) in [7, 11) is 0. The molecule has 0 aromatic heterocycles. The number of hydrogen-bond donors (Lipinski definition) is 2. The summed E-state index contributed by atoms with van der Waals surface area (Å²) in [4.78, 5) is 0. The smallest absolute Gasteiger partial charge is 0.0943 e. The Balaban J connectivity index is 0.00000169. The number of aliphatic hydroxyl groups is 1. The molecule has 0 aliphatic heterocycles. The summed E-state index contributed by atoms with van der Waals surface area (Å²) >= 11 is 0. The lowest BCUT2D eigenvalue weighted by Crippen LogP contribution is -2.33. The van der Waals surface area contributed by atoms with Crippen molar-refractivity contribution in [3.8, 4) is 0 Å². The quantitative estimate of drug-likeness (QED) is 0.812. The third-order valence-electron chi connectivity index (χ3n) is 2.28. The van der Waals surface area contributed by atoms with Gasteiger partial charge in [-0.05, 0) is 11.5 Å². The molecule has 2 atom stereocenters. The van der Waals surface area contributed by atoms with Gasteiger partial charge in [0.2, 0.25) is 0 Å². The van der Waals surface area contributed by atoms with Crippen LogP contribution in [-0.2, 0) is 0 Å². The molecule has 0 aliphatic carbocycles. The van der Waals surface area contributed by atoms with Crippen molar-refractivity contribution >= 4 is 12.4 Å². The summed E-state index contributed by atoms with van der Waals surface area (Å²) in [5.74, 6) is 0.287. The lowest BCUT2D eigenvalue weighted by molar-refractivity contribution is 0.126. The van der Waals surface area contributed by atoms with Gasteiger partial charge in [-0.1, -0.05) is 44.2 Å². The molecule has 1 rings (SSSR count). The third kappa shape index (κ3) is 3.29. The van der Waals surface area contributed by atoms with Crippen molar-refractivity contribution in [2.75, 3.05) is 0 Å². The molecule has 80 valence electrons. The molecule has 2 nitrogen and oxygen atoms in total. The fourth-order valence-corrected chi connectivity index (χ4v) is 1.24. The van der Waals surface area contributed by atoms with Crippen LogP contribution in [0.25, 0.3) is 0 Å². The molecule has 0 radical (unpaired) electrons. The highest BCUT2D eigenvalue weighted by Crippen LogP contribution is 2.19. The number of nitrogens with two attached hydrogens (primary N) is 1. The number of aliphatic hydroxyl groups excluding tert-OH is 1. The molecule has 14 heavy (non-hydrogen) atoms. The van der Waals surface area contributed by atoms with E-state index in [0.717, 1.165) is 5.56 Å². The number of benzene rings is 1. The first-order valence-electron chi connectivity index (χ1n) is 4.61. The van der Waals surface area contributed by atoms with Crippen molar-refractivity contribution in [3.05, 3.63) is 35.9 Å². The van der Waals surface area contributed by atoms with Gasteiger partial charge < -0.3 is 10.8 Å². The van der Waals surface area contributed by atoms with Gasteiger partial charge in [0, 0.05) is 6.04 Å². The molecule has 0 amide bonds. The van der Waals surface area contributed by atoms with E-state index in [-0.39, 0.29) is 24.4 Å². The molecular weight excluding hydrogens is 198 g/mol. The van der Waals surface area contributed by atoms with Crippen LogP contribution in [0.15, 0.2) is 30.3 Å². The molecule has 0 aliphatic rings. The Hall–Kier alpha value is -0.570. The molecule has 0 saturated heterocycles. The molecule has 0 saturated carbocycles. The van der Waals surface area contributed by atoms with E-state index in [1.165, 1.54) is 0 Å². The van der Waals surface area contributed by atoms with E-state index < -0.39 is 6.10 Å². The molecule has 0 bridgehead atoms. The van der Waals surface area contributed by atoms with Crippen molar-refractivity contribution in [1.29, 1.82) is 0 Å². The fraction of sp³-hybridized carbons (Fsp3) is 0.455. The maximum Gasteiger partial charge on any atom is 0.0943 e. The first-order valence-corrected chi connectivity index (χ1v) is 4.61. The highest BCUT2D eigenvalue weighted by molar-refractivity contribution is 5.85. The minimum Gasteiger partial charge on any atom is -0.387 e. The Labute approximate surface area is 91.5 Å². The van der Waals surface area contributed by atoms with E-state index in [4.69, 9.17) is 5.73 Å². The lowest BCUT2D eigenvalue weighted by Gasteiger charge is -2.22. The lowest BCUT2D eigenvalue weighted by atomic mass is 9.94. The molecule has 3 heteroatoms. The number of rotatable bonds is 3. The molecule has 0 fully saturated rings. The zero-order chi connectivity index (χ0) is 9.84. The van der Waals surface area contributed by atoms with Crippen LogP contribution >= 0.6 is 12.4 Å². The van der Waals surface area contributed by atoms with Crippen LogP contribution in [0.4, 0.5) is 0 Å². The third-order valence-corrected chi connectivity index (χ3v) is 2.28. The van der Waals surface area contributed by atoms with Crippen molar-refractivity contribution in [2.45, 2.75) is 26.0 Å². The molecule has 0 spiro atoms. The van der Waals surface area contributed by atoms with Crippen LogP contribution in [0, 0.1) is 5.92 Å². The van der Waals surface area contributed by atoms with Gasteiger partial charge in [0.05, 0.1) is 6.10 Å². The Kier molecular flexibility index (Phi) is 5.77. The summed E-state index contributed by atoms with van der Waals surface area (Å²) in [5.41, 5.74) is 6.73. The van der Waals surface area contributed by atoms with Crippen molar-refractivity contribution < 1.29 is 5.11 Å². The largest absolute Gasteiger partial charge is 0.387 e. The molecule has 1 aromatic rings.